The molecule has 0 atom stereocenters. The molecule has 0 aliphatic heterocycles. The Labute approximate surface area is 198 Å². The summed E-state index contributed by atoms with van der Waals surface area (Å²) in [6.07, 6.45) is 3.23. The number of benzene rings is 2. The fourth-order valence-corrected chi connectivity index (χ4v) is 4.64. The van der Waals surface area contributed by atoms with Crippen LogP contribution in [0.1, 0.15) is 34.5 Å². The van der Waals surface area contributed by atoms with Gasteiger partial charge in [-0.25, -0.2) is 9.97 Å². The first-order chi connectivity index (χ1) is 15.8. The van der Waals surface area contributed by atoms with Gasteiger partial charge in [-0.3, -0.25) is 14.2 Å². The van der Waals surface area contributed by atoms with Crippen LogP contribution in [0.25, 0.3) is 10.9 Å². The summed E-state index contributed by atoms with van der Waals surface area (Å²) >= 11 is 11.8. The molecule has 5 rings (SSSR count). The summed E-state index contributed by atoms with van der Waals surface area (Å²) in [6.45, 7) is 2.03. The van der Waals surface area contributed by atoms with E-state index in [-0.39, 0.29) is 21.4 Å². The van der Waals surface area contributed by atoms with E-state index >= 15 is 0 Å². The number of amides is 1. The van der Waals surface area contributed by atoms with Crippen molar-refractivity contribution in [3.63, 3.8) is 0 Å². The van der Waals surface area contributed by atoms with Crippen LogP contribution in [0.5, 0.6) is 5.75 Å². The first-order valence-corrected chi connectivity index (χ1v) is 11.0. The van der Waals surface area contributed by atoms with Gasteiger partial charge in [0.25, 0.3) is 11.5 Å². The third-order valence-electron chi connectivity index (χ3n) is 6.00. The highest BCUT2D eigenvalue weighted by atomic mass is 35.5. The van der Waals surface area contributed by atoms with Gasteiger partial charge in [0.15, 0.2) is 10.9 Å². The van der Waals surface area contributed by atoms with Crippen LogP contribution in [-0.4, -0.2) is 25.5 Å². The summed E-state index contributed by atoms with van der Waals surface area (Å²) in [5, 5.41) is 12.3. The maximum atomic E-state index is 13.7. The molecule has 166 valence electrons. The molecule has 2 aromatic heterocycles. The molecule has 0 saturated heterocycles. The number of aromatic nitrogens is 3. The van der Waals surface area contributed by atoms with Gasteiger partial charge in [0.1, 0.15) is 5.69 Å². The largest absolute Gasteiger partial charge is 0.504 e. The maximum absolute atomic E-state index is 13.7. The number of nitrogens with one attached hydrogen (secondary N) is 1. The van der Waals surface area contributed by atoms with Crippen molar-refractivity contribution in [2.24, 2.45) is 0 Å². The van der Waals surface area contributed by atoms with Crippen LogP contribution in [0.15, 0.2) is 59.7 Å². The van der Waals surface area contributed by atoms with E-state index < -0.39 is 17.2 Å². The standard InChI is InChI=1S/C24H18Cl2N4O3/c1-13-5-2-3-6-14(13)24(9-10-24)30-12-27-16-7-4-8-17(19(16)23(30)33)29-22(32)18-11-15(25)20(31)21(26)28-18/h2-8,11-12,31H,9-10H2,1H3,(H,29,32). The molecule has 9 heteroatoms. The topological polar surface area (TPSA) is 97.1 Å². The lowest BCUT2D eigenvalue weighted by Gasteiger charge is -2.21. The zero-order chi connectivity index (χ0) is 23.3. The van der Waals surface area contributed by atoms with E-state index in [0.717, 1.165) is 24.0 Å². The van der Waals surface area contributed by atoms with Crippen LogP contribution in [0, 0.1) is 6.92 Å². The van der Waals surface area contributed by atoms with Gasteiger partial charge < -0.3 is 10.4 Å². The van der Waals surface area contributed by atoms with E-state index in [1.54, 1.807) is 29.1 Å². The van der Waals surface area contributed by atoms with Gasteiger partial charge in [-0.05, 0) is 49.1 Å². The summed E-state index contributed by atoms with van der Waals surface area (Å²) in [5.41, 5.74) is 2.17. The van der Waals surface area contributed by atoms with Crippen molar-refractivity contribution in [3.8, 4) is 5.75 Å². The number of carbonyl (C=O) groups is 1. The summed E-state index contributed by atoms with van der Waals surface area (Å²) in [5.74, 6) is -1.03. The SMILES string of the molecule is Cc1ccccc1C1(n2cnc3cccc(NC(=O)c4cc(Cl)c(O)c(Cl)n4)c3c2=O)CC1. The Kier molecular flexibility index (Phi) is 5.11. The van der Waals surface area contributed by atoms with E-state index in [9.17, 15) is 14.7 Å². The highest BCUT2D eigenvalue weighted by Crippen LogP contribution is 2.49. The van der Waals surface area contributed by atoms with Crippen molar-refractivity contribution in [1.82, 2.24) is 14.5 Å². The van der Waals surface area contributed by atoms with Gasteiger partial charge >= 0.3 is 0 Å². The highest BCUT2D eigenvalue weighted by molar-refractivity contribution is 6.36. The molecular weight excluding hydrogens is 463 g/mol. The highest BCUT2D eigenvalue weighted by Gasteiger charge is 2.48. The molecule has 0 radical (unpaired) electrons. The molecule has 33 heavy (non-hydrogen) atoms. The fraction of sp³-hybridized carbons (Fsp3) is 0.167. The number of hydrogen-bond donors (Lipinski definition) is 2. The number of nitrogens with zero attached hydrogens (tertiary/aromatic N) is 3. The minimum absolute atomic E-state index is 0.0948. The lowest BCUT2D eigenvalue weighted by Crippen LogP contribution is -2.32. The van der Waals surface area contributed by atoms with Gasteiger partial charge in [-0.1, -0.05) is 53.5 Å². The Morgan fingerprint density at radius 2 is 1.91 bits per heavy atom. The van der Waals surface area contributed by atoms with Crippen LogP contribution in [0.4, 0.5) is 5.69 Å². The molecule has 1 amide bonds. The molecule has 7 nitrogen and oxygen atoms in total. The number of anilines is 1. The molecule has 2 aromatic carbocycles. The average Bonchev–Trinajstić information content (AvgIpc) is 3.59. The van der Waals surface area contributed by atoms with E-state index in [0.29, 0.717) is 16.6 Å². The minimum atomic E-state index is -0.624. The van der Waals surface area contributed by atoms with Crippen molar-refractivity contribution in [2.45, 2.75) is 25.3 Å². The quantitative estimate of drug-likeness (QED) is 0.404. The second kappa shape index (κ2) is 7.86. The summed E-state index contributed by atoms with van der Waals surface area (Å²) in [6, 6.07) is 14.3. The third kappa shape index (κ3) is 3.53. The van der Waals surface area contributed by atoms with Gasteiger partial charge in [-0.2, -0.15) is 0 Å². The zero-order valence-corrected chi connectivity index (χ0v) is 19.0. The number of fused-ring (bicyclic) bond motifs is 1. The van der Waals surface area contributed by atoms with Crippen LogP contribution >= 0.6 is 23.2 Å². The number of aryl methyl sites for hydroxylation is 1. The maximum Gasteiger partial charge on any atom is 0.274 e. The monoisotopic (exact) mass is 480 g/mol. The molecule has 1 aliphatic rings. The van der Waals surface area contributed by atoms with Gasteiger partial charge in [-0.15, -0.1) is 0 Å². The Morgan fingerprint density at radius 3 is 2.61 bits per heavy atom. The van der Waals surface area contributed by atoms with Gasteiger partial charge in [0, 0.05) is 0 Å². The molecular formula is C24H18Cl2N4O3. The van der Waals surface area contributed by atoms with Crippen molar-refractivity contribution in [3.05, 3.63) is 92.2 Å². The lowest BCUT2D eigenvalue weighted by molar-refractivity contribution is 0.102. The normalized spacial score (nSPS) is 14.3. The number of hydrogen-bond acceptors (Lipinski definition) is 5. The summed E-state index contributed by atoms with van der Waals surface area (Å²) in [7, 11) is 0. The fourth-order valence-electron chi connectivity index (χ4n) is 4.21. The Balaban J connectivity index is 1.60. The molecule has 1 saturated carbocycles. The Morgan fingerprint density at radius 1 is 1.15 bits per heavy atom. The Hall–Kier alpha value is -3.42. The van der Waals surface area contributed by atoms with Gasteiger partial charge in [0.2, 0.25) is 0 Å². The molecule has 1 fully saturated rings. The van der Waals surface area contributed by atoms with E-state index in [4.69, 9.17) is 23.2 Å². The number of halogens is 2. The van der Waals surface area contributed by atoms with Crippen LogP contribution in [-0.2, 0) is 5.54 Å². The predicted octanol–water partition coefficient (Wildman–Crippen LogP) is 4.90. The number of pyridine rings is 1. The van der Waals surface area contributed by atoms with Gasteiger partial charge in [0.05, 0.1) is 33.5 Å². The van der Waals surface area contributed by atoms with Crippen molar-refractivity contribution < 1.29 is 9.90 Å². The molecule has 2 N–H and O–H groups in total. The molecule has 1 aliphatic carbocycles. The lowest BCUT2D eigenvalue weighted by atomic mass is 9.99. The number of rotatable bonds is 4. The van der Waals surface area contributed by atoms with Crippen molar-refractivity contribution in [2.75, 3.05) is 5.32 Å². The first kappa shape index (κ1) is 21.4. The molecule has 0 unspecified atom stereocenters. The van der Waals surface area contributed by atoms with E-state index in [2.05, 4.69) is 15.3 Å². The smallest absolute Gasteiger partial charge is 0.274 e. The zero-order valence-electron chi connectivity index (χ0n) is 17.5. The van der Waals surface area contributed by atoms with E-state index in [1.807, 2.05) is 31.2 Å². The van der Waals surface area contributed by atoms with E-state index in [1.165, 1.54) is 6.07 Å². The second-order valence-electron chi connectivity index (χ2n) is 8.05. The molecule has 0 spiro atoms. The Bertz CT molecular complexity index is 1470. The van der Waals surface area contributed by atoms with Crippen molar-refractivity contribution in [1.29, 1.82) is 0 Å². The molecule has 2 heterocycles. The van der Waals surface area contributed by atoms with Crippen molar-refractivity contribution >= 4 is 45.7 Å². The second-order valence-corrected chi connectivity index (χ2v) is 8.81. The van der Waals surface area contributed by atoms with Crippen LogP contribution in [0.2, 0.25) is 10.2 Å². The number of carbonyl (C=O) groups excluding carboxylic acids is 1. The molecule has 0 bridgehead atoms. The van der Waals surface area contributed by atoms with Crippen LogP contribution in [0.3, 0.4) is 0 Å². The predicted molar refractivity (Wildman–Crippen MR) is 127 cm³/mol. The summed E-state index contributed by atoms with van der Waals surface area (Å²) < 4.78 is 1.67. The molecule has 4 aromatic rings. The minimum Gasteiger partial charge on any atom is -0.504 e. The third-order valence-corrected chi connectivity index (χ3v) is 6.55. The number of aromatic hydroxyl groups is 1. The van der Waals surface area contributed by atoms with Crippen LogP contribution < -0.4 is 10.9 Å². The average molecular weight is 481 g/mol. The summed E-state index contributed by atoms with van der Waals surface area (Å²) in [4.78, 5) is 34.9. The first-order valence-electron chi connectivity index (χ1n) is 10.3.